The van der Waals surface area contributed by atoms with Crippen molar-refractivity contribution in [2.45, 2.75) is 39.8 Å². The molecule has 10 heteroatoms. The van der Waals surface area contributed by atoms with Gasteiger partial charge in [0, 0.05) is 96.8 Å². The van der Waals surface area contributed by atoms with E-state index in [9.17, 15) is 14.4 Å². The third-order valence-electron chi connectivity index (χ3n) is 8.56. The number of amides is 3. The quantitative estimate of drug-likeness (QED) is 0.291. The Bertz CT molecular complexity index is 1480. The second-order valence-corrected chi connectivity index (χ2v) is 11.6. The van der Waals surface area contributed by atoms with E-state index in [2.05, 4.69) is 22.1 Å². The Labute approximate surface area is 266 Å². The van der Waals surface area contributed by atoms with Crippen molar-refractivity contribution in [2.24, 2.45) is 7.05 Å². The number of ether oxygens (including phenoxy) is 1. The SMILES string of the molecule is COCCN(C)C(=O)C(Cc1ccccc1)N(Cc1ccc(N2CCN(C(C)=O)CC2)cc1)C(=O)C=Cc1c(C)nn(C)c1C. The van der Waals surface area contributed by atoms with Gasteiger partial charge in [0.05, 0.1) is 12.3 Å². The standard InChI is InChI=1S/C35H46N6O4/c1-26-32(27(2)38(5)36-26)16-17-34(43)41(33(24-29-10-8-7-9-11-29)35(44)37(4)22-23-45-6)25-30-12-14-31(15-13-30)40-20-18-39(19-21-40)28(3)42/h7-17,33H,18-25H2,1-6H3. The third kappa shape index (κ3) is 8.60. The monoisotopic (exact) mass is 614 g/mol. The lowest BCUT2D eigenvalue weighted by molar-refractivity contribution is -0.143. The molecule has 1 aliphatic rings. The van der Waals surface area contributed by atoms with Gasteiger partial charge in [0.2, 0.25) is 17.7 Å². The molecule has 0 N–H and O–H groups in total. The molecule has 0 bridgehead atoms. The van der Waals surface area contributed by atoms with Crippen molar-refractivity contribution in [1.82, 2.24) is 24.5 Å². The molecule has 3 amide bonds. The van der Waals surface area contributed by atoms with Gasteiger partial charge in [-0.3, -0.25) is 19.1 Å². The molecule has 10 nitrogen and oxygen atoms in total. The van der Waals surface area contributed by atoms with Crippen molar-refractivity contribution in [3.8, 4) is 0 Å². The Hall–Kier alpha value is -4.44. The van der Waals surface area contributed by atoms with Crippen LogP contribution in [0.15, 0.2) is 60.7 Å². The van der Waals surface area contributed by atoms with E-state index in [1.807, 2.05) is 68.3 Å². The first-order chi connectivity index (χ1) is 21.6. The van der Waals surface area contributed by atoms with Crippen LogP contribution in [0.25, 0.3) is 6.08 Å². The Balaban J connectivity index is 1.65. The number of hydrogen-bond acceptors (Lipinski definition) is 6. The number of rotatable bonds is 12. The van der Waals surface area contributed by atoms with Gasteiger partial charge in [-0.1, -0.05) is 42.5 Å². The molecule has 1 aliphatic heterocycles. The zero-order chi connectivity index (χ0) is 32.5. The molecule has 45 heavy (non-hydrogen) atoms. The van der Waals surface area contributed by atoms with E-state index in [-0.39, 0.29) is 24.3 Å². The largest absolute Gasteiger partial charge is 0.383 e. The number of piperazine rings is 1. The van der Waals surface area contributed by atoms with Crippen molar-refractivity contribution in [3.63, 3.8) is 0 Å². The fraction of sp³-hybridized carbons (Fsp3) is 0.429. The maximum absolute atomic E-state index is 14.1. The van der Waals surface area contributed by atoms with Crippen LogP contribution in [-0.2, 0) is 39.1 Å². The van der Waals surface area contributed by atoms with E-state index in [4.69, 9.17) is 4.74 Å². The molecular formula is C35H46N6O4. The Morgan fingerprint density at radius 1 is 0.978 bits per heavy atom. The Morgan fingerprint density at radius 3 is 2.22 bits per heavy atom. The van der Waals surface area contributed by atoms with E-state index >= 15 is 0 Å². The number of benzene rings is 2. The minimum atomic E-state index is -0.734. The first kappa shape index (κ1) is 33.5. The van der Waals surface area contributed by atoms with Gasteiger partial charge in [-0.15, -0.1) is 0 Å². The summed E-state index contributed by atoms with van der Waals surface area (Å²) in [5, 5.41) is 4.48. The molecule has 3 aromatic rings. The van der Waals surface area contributed by atoms with E-state index in [0.29, 0.717) is 32.7 Å². The van der Waals surface area contributed by atoms with Gasteiger partial charge < -0.3 is 24.3 Å². The lowest BCUT2D eigenvalue weighted by Gasteiger charge is -2.36. The minimum Gasteiger partial charge on any atom is -0.383 e. The number of aryl methyl sites for hydroxylation is 2. The first-order valence-electron chi connectivity index (χ1n) is 15.4. The predicted octanol–water partition coefficient (Wildman–Crippen LogP) is 3.46. The number of carbonyl (C=O) groups is 3. The number of likely N-dealkylation sites (N-methyl/N-ethyl adjacent to an activating group) is 1. The van der Waals surface area contributed by atoms with E-state index in [0.717, 1.165) is 46.9 Å². The summed E-state index contributed by atoms with van der Waals surface area (Å²) in [6.07, 6.45) is 3.73. The van der Waals surface area contributed by atoms with E-state index in [1.165, 1.54) is 0 Å². The van der Waals surface area contributed by atoms with Gasteiger partial charge >= 0.3 is 0 Å². The second kappa shape index (κ2) is 15.5. The molecule has 1 aromatic heterocycles. The van der Waals surface area contributed by atoms with Crippen LogP contribution in [0, 0.1) is 13.8 Å². The number of methoxy groups -OCH3 is 1. The highest BCUT2D eigenvalue weighted by Crippen LogP contribution is 2.22. The van der Waals surface area contributed by atoms with Crippen LogP contribution in [0.1, 0.15) is 35.0 Å². The molecule has 4 rings (SSSR count). The van der Waals surface area contributed by atoms with Gasteiger partial charge in [0.15, 0.2) is 0 Å². The minimum absolute atomic E-state index is 0.102. The molecule has 240 valence electrons. The number of carbonyl (C=O) groups excluding carboxylic acids is 3. The van der Waals surface area contributed by atoms with Gasteiger partial charge in [-0.25, -0.2) is 0 Å². The van der Waals surface area contributed by atoms with Crippen molar-refractivity contribution in [3.05, 3.63) is 88.8 Å². The van der Waals surface area contributed by atoms with Gasteiger partial charge in [0.25, 0.3) is 0 Å². The maximum Gasteiger partial charge on any atom is 0.247 e. The van der Waals surface area contributed by atoms with Gasteiger partial charge in [-0.2, -0.15) is 5.10 Å². The highest BCUT2D eigenvalue weighted by molar-refractivity contribution is 5.96. The number of hydrogen-bond donors (Lipinski definition) is 0. The zero-order valence-corrected chi connectivity index (χ0v) is 27.4. The van der Waals surface area contributed by atoms with Crippen LogP contribution in [0.2, 0.25) is 0 Å². The average molecular weight is 615 g/mol. The van der Waals surface area contributed by atoms with Crippen LogP contribution in [0.4, 0.5) is 5.69 Å². The van der Waals surface area contributed by atoms with Crippen molar-refractivity contribution >= 4 is 29.5 Å². The van der Waals surface area contributed by atoms with Crippen LogP contribution in [0.3, 0.4) is 0 Å². The maximum atomic E-state index is 14.1. The first-order valence-corrected chi connectivity index (χ1v) is 15.4. The van der Waals surface area contributed by atoms with Crippen molar-refractivity contribution < 1.29 is 19.1 Å². The molecule has 2 aromatic carbocycles. The van der Waals surface area contributed by atoms with Crippen LogP contribution < -0.4 is 4.90 Å². The zero-order valence-electron chi connectivity index (χ0n) is 27.4. The molecule has 1 saturated heterocycles. The highest BCUT2D eigenvalue weighted by atomic mass is 16.5. The number of aromatic nitrogens is 2. The molecule has 1 unspecified atom stereocenters. The lowest BCUT2D eigenvalue weighted by Crippen LogP contribution is -2.51. The molecule has 0 aliphatic carbocycles. The molecule has 2 heterocycles. The fourth-order valence-electron chi connectivity index (χ4n) is 5.67. The molecule has 0 saturated carbocycles. The topological polar surface area (TPSA) is 91.2 Å². The summed E-state index contributed by atoms with van der Waals surface area (Å²) in [7, 11) is 5.24. The molecule has 1 fully saturated rings. The number of nitrogens with zero attached hydrogens (tertiary/aromatic N) is 6. The predicted molar refractivity (Wildman–Crippen MR) is 177 cm³/mol. The smallest absolute Gasteiger partial charge is 0.247 e. The average Bonchev–Trinajstić information content (AvgIpc) is 3.30. The third-order valence-corrected chi connectivity index (χ3v) is 8.56. The molecular weight excluding hydrogens is 568 g/mol. The summed E-state index contributed by atoms with van der Waals surface area (Å²) < 4.78 is 7.03. The Morgan fingerprint density at radius 2 is 1.64 bits per heavy atom. The highest BCUT2D eigenvalue weighted by Gasteiger charge is 2.31. The van der Waals surface area contributed by atoms with Crippen LogP contribution >= 0.6 is 0 Å². The lowest BCUT2D eigenvalue weighted by atomic mass is 10.0. The fourth-order valence-corrected chi connectivity index (χ4v) is 5.67. The second-order valence-electron chi connectivity index (χ2n) is 11.6. The van der Waals surface area contributed by atoms with E-state index in [1.54, 1.807) is 47.7 Å². The molecule has 1 atom stereocenters. The van der Waals surface area contributed by atoms with E-state index < -0.39 is 6.04 Å². The summed E-state index contributed by atoms with van der Waals surface area (Å²) in [4.78, 5) is 47.3. The van der Waals surface area contributed by atoms with Crippen LogP contribution in [-0.4, -0.2) is 102 Å². The number of anilines is 1. The summed E-state index contributed by atoms with van der Waals surface area (Å²) in [5.41, 5.74) is 5.64. The summed E-state index contributed by atoms with van der Waals surface area (Å²) in [5.74, 6) is -0.298. The van der Waals surface area contributed by atoms with Crippen LogP contribution in [0.5, 0.6) is 0 Å². The van der Waals surface area contributed by atoms with Gasteiger partial charge in [0.1, 0.15) is 6.04 Å². The Kier molecular flexibility index (Phi) is 11.5. The summed E-state index contributed by atoms with van der Waals surface area (Å²) >= 11 is 0. The summed E-state index contributed by atoms with van der Waals surface area (Å²) in [6, 6.07) is 17.2. The van der Waals surface area contributed by atoms with Crippen molar-refractivity contribution in [2.75, 3.05) is 58.4 Å². The van der Waals surface area contributed by atoms with Crippen molar-refractivity contribution in [1.29, 1.82) is 0 Å². The molecule has 0 spiro atoms. The van der Waals surface area contributed by atoms with Gasteiger partial charge in [-0.05, 0) is 43.2 Å². The summed E-state index contributed by atoms with van der Waals surface area (Å²) in [6.45, 7) is 9.49. The normalized spacial score (nSPS) is 14.1. The molecule has 0 radical (unpaired) electrons.